The molecule has 2 nitrogen and oxygen atoms in total. The molecule has 2 aliphatic rings. The Morgan fingerprint density at radius 2 is 1.33 bits per heavy atom. The lowest BCUT2D eigenvalue weighted by molar-refractivity contribution is -0.143. The average molecular weight is 608 g/mol. The van der Waals surface area contributed by atoms with E-state index in [0.29, 0.717) is 18.6 Å². The molecule has 0 aromatic heterocycles. The Bertz CT molecular complexity index is 1290. The Morgan fingerprint density at radius 1 is 0.744 bits per heavy atom. The largest absolute Gasteiger partial charge is 0.416 e. The van der Waals surface area contributed by atoms with Crippen LogP contribution in [0.5, 0.6) is 0 Å². The van der Waals surface area contributed by atoms with Gasteiger partial charge in [0.1, 0.15) is 5.82 Å². The Morgan fingerprint density at radius 3 is 1.88 bits per heavy atom. The van der Waals surface area contributed by atoms with E-state index in [1.54, 1.807) is 0 Å². The van der Waals surface area contributed by atoms with Gasteiger partial charge in [0.15, 0.2) is 0 Å². The molecule has 3 aromatic carbocycles. The molecule has 0 bridgehead atoms. The van der Waals surface area contributed by atoms with Gasteiger partial charge in [-0.1, -0.05) is 42.5 Å². The quantitative estimate of drug-likeness (QED) is 0.187. The van der Waals surface area contributed by atoms with Crippen molar-refractivity contribution in [1.82, 2.24) is 4.90 Å². The zero-order chi connectivity index (χ0) is 30.7. The zero-order valence-electron chi connectivity index (χ0n) is 23.9. The van der Waals surface area contributed by atoms with Crippen molar-refractivity contribution in [2.45, 2.75) is 74.7 Å². The number of piperidine rings is 1. The van der Waals surface area contributed by atoms with Crippen LogP contribution in [0.4, 0.5) is 30.7 Å². The fraction of sp³-hybridized carbons (Fsp3) is 0.471. The van der Waals surface area contributed by atoms with Gasteiger partial charge in [-0.2, -0.15) is 26.3 Å². The van der Waals surface area contributed by atoms with Crippen LogP contribution in [-0.4, -0.2) is 37.2 Å². The third kappa shape index (κ3) is 7.79. The van der Waals surface area contributed by atoms with Gasteiger partial charge >= 0.3 is 12.4 Å². The van der Waals surface area contributed by atoms with Crippen molar-refractivity contribution >= 4 is 0 Å². The van der Waals surface area contributed by atoms with Crippen molar-refractivity contribution < 1.29 is 35.5 Å². The second-order valence-electron chi connectivity index (χ2n) is 12.0. The summed E-state index contributed by atoms with van der Waals surface area (Å²) in [5, 5.41) is 0. The second kappa shape index (κ2) is 13.0. The molecule has 9 heteroatoms. The third-order valence-corrected chi connectivity index (χ3v) is 9.25. The van der Waals surface area contributed by atoms with Crippen molar-refractivity contribution in [2.75, 3.05) is 26.3 Å². The number of hydrogen-bond donors (Lipinski definition) is 0. The van der Waals surface area contributed by atoms with Gasteiger partial charge in [0.2, 0.25) is 0 Å². The fourth-order valence-corrected chi connectivity index (χ4v) is 6.78. The van der Waals surface area contributed by atoms with Crippen LogP contribution in [0.2, 0.25) is 0 Å². The number of hydrogen-bond acceptors (Lipinski definition) is 2. The number of halogens is 7. The molecular weight excluding hydrogens is 571 g/mol. The molecule has 0 amide bonds. The number of alkyl halides is 6. The van der Waals surface area contributed by atoms with Crippen LogP contribution >= 0.6 is 0 Å². The molecule has 5 rings (SSSR count). The average Bonchev–Trinajstić information content (AvgIpc) is 3.00. The van der Waals surface area contributed by atoms with Gasteiger partial charge in [-0.15, -0.1) is 0 Å². The summed E-state index contributed by atoms with van der Waals surface area (Å²) in [5.74, 6) is 0.210. The van der Waals surface area contributed by atoms with E-state index >= 15 is 0 Å². The molecule has 1 heterocycles. The topological polar surface area (TPSA) is 12.5 Å². The molecule has 1 saturated heterocycles. The summed E-state index contributed by atoms with van der Waals surface area (Å²) in [6.45, 7) is 2.34. The highest BCUT2D eigenvalue weighted by molar-refractivity contribution is 5.34. The van der Waals surface area contributed by atoms with Crippen LogP contribution in [0.25, 0.3) is 0 Å². The number of nitrogens with zero attached hydrogens (tertiary/aromatic N) is 1. The van der Waals surface area contributed by atoms with Gasteiger partial charge in [-0.25, -0.2) is 4.39 Å². The number of rotatable bonds is 8. The molecule has 232 valence electrons. The summed E-state index contributed by atoms with van der Waals surface area (Å²) in [7, 11) is 0. The molecular formula is C34H36F7NO. The second-order valence-corrected chi connectivity index (χ2v) is 12.0. The Labute approximate surface area is 247 Å². The SMILES string of the molecule is Fc1ccc(C2CCN(C3CCC(COCCc4cc(C(F)(F)F)cc(C(F)(F)F)c4)(c4ccccc4)CC3)CC2)cc1. The van der Waals surface area contributed by atoms with Crippen LogP contribution in [-0.2, 0) is 28.9 Å². The Kier molecular flexibility index (Phi) is 9.52. The van der Waals surface area contributed by atoms with E-state index in [1.807, 2.05) is 30.3 Å². The molecule has 0 atom stereocenters. The first-order chi connectivity index (χ1) is 20.4. The monoisotopic (exact) mass is 607 g/mol. The van der Waals surface area contributed by atoms with E-state index in [-0.39, 0.29) is 35.9 Å². The lowest BCUT2D eigenvalue weighted by Crippen LogP contribution is -2.46. The maximum absolute atomic E-state index is 13.3. The molecule has 0 spiro atoms. The van der Waals surface area contributed by atoms with E-state index < -0.39 is 23.5 Å². The normalized spacial score (nSPS) is 22.5. The van der Waals surface area contributed by atoms with Gasteiger partial charge in [-0.05, 0) is 111 Å². The first-order valence-corrected chi connectivity index (χ1v) is 14.8. The van der Waals surface area contributed by atoms with Gasteiger partial charge in [0.05, 0.1) is 24.3 Å². The highest BCUT2D eigenvalue weighted by atomic mass is 19.4. The third-order valence-electron chi connectivity index (χ3n) is 9.25. The molecule has 2 fully saturated rings. The van der Waals surface area contributed by atoms with Crippen LogP contribution in [0.1, 0.15) is 72.3 Å². The summed E-state index contributed by atoms with van der Waals surface area (Å²) < 4.78 is 99.0. The van der Waals surface area contributed by atoms with E-state index in [1.165, 1.54) is 17.7 Å². The van der Waals surface area contributed by atoms with E-state index in [9.17, 15) is 30.7 Å². The van der Waals surface area contributed by atoms with Crippen LogP contribution < -0.4 is 0 Å². The summed E-state index contributed by atoms with van der Waals surface area (Å²) in [6.07, 6.45) is -4.04. The maximum atomic E-state index is 13.3. The standard InChI is InChI=1S/C34H36F7NO/c35-30-8-6-25(7-9-30)26-12-17-42(18-13-26)31-10-15-32(16-11-31,27-4-2-1-3-5-27)23-43-19-14-24-20-28(33(36,37)38)22-29(21-24)34(39,40)41/h1-9,20-22,26,31H,10-19,23H2. The van der Waals surface area contributed by atoms with Crippen LogP contribution in [0, 0.1) is 5.82 Å². The van der Waals surface area contributed by atoms with Crippen molar-refractivity contribution in [3.8, 4) is 0 Å². The highest BCUT2D eigenvalue weighted by Gasteiger charge is 2.40. The Balaban J connectivity index is 1.19. The first-order valence-electron chi connectivity index (χ1n) is 14.8. The minimum Gasteiger partial charge on any atom is -0.380 e. The first kappa shape index (κ1) is 31.5. The number of ether oxygens (including phenoxy) is 1. The predicted molar refractivity (Wildman–Crippen MR) is 151 cm³/mol. The zero-order valence-corrected chi connectivity index (χ0v) is 23.9. The Hall–Kier alpha value is -2.91. The minimum atomic E-state index is -4.87. The maximum Gasteiger partial charge on any atom is 0.416 e. The molecule has 1 aliphatic heterocycles. The van der Waals surface area contributed by atoms with Gasteiger partial charge in [-0.3, -0.25) is 0 Å². The smallest absolute Gasteiger partial charge is 0.380 e. The molecule has 43 heavy (non-hydrogen) atoms. The summed E-state index contributed by atoms with van der Waals surface area (Å²) >= 11 is 0. The van der Waals surface area contributed by atoms with E-state index in [0.717, 1.165) is 69.3 Å². The van der Waals surface area contributed by atoms with Gasteiger partial charge < -0.3 is 9.64 Å². The van der Waals surface area contributed by atoms with Gasteiger partial charge in [0.25, 0.3) is 0 Å². The summed E-state index contributed by atoms with van der Waals surface area (Å²) in [5.41, 5.74) is -0.610. The van der Waals surface area contributed by atoms with Crippen molar-refractivity contribution in [3.63, 3.8) is 0 Å². The number of likely N-dealkylation sites (tertiary alicyclic amines) is 1. The minimum absolute atomic E-state index is 0.0213. The molecule has 0 radical (unpaired) electrons. The highest BCUT2D eigenvalue weighted by Crippen LogP contribution is 2.43. The molecule has 1 saturated carbocycles. The molecule has 3 aromatic rings. The molecule has 0 unspecified atom stereocenters. The van der Waals surface area contributed by atoms with Gasteiger partial charge in [0, 0.05) is 11.5 Å². The summed E-state index contributed by atoms with van der Waals surface area (Å²) in [6, 6.07) is 19.0. The molecule has 1 aliphatic carbocycles. The van der Waals surface area contributed by atoms with Crippen LogP contribution in [0.3, 0.4) is 0 Å². The number of benzene rings is 3. The lowest BCUT2D eigenvalue weighted by Gasteiger charge is -2.45. The predicted octanol–water partition coefficient (Wildman–Crippen LogP) is 9.18. The van der Waals surface area contributed by atoms with Crippen molar-refractivity contribution in [3.05, 3.63) is 106 Å². The van der Waals surface area contributed by atoms with Crippen LogP contribution in [0.15, 0.2) is 72.8 Å². The lowest BCUT2D eigenvalue weighted by atomic mass is 9.68. The van der Waals surface area contributed by atoms with E-state index in [4.69, 9.17) is 4.74 Å². The van der Waals surface area contributed by atoms with Crippen molar-refractivity contribution in [2.24, 2.45) is 0 Å². The fourth-order valence-electron chi connectivity index (χ4n) is 6.78. The molecule has 0 N–H and O–H groups in total. The summed E-state index contributed by atoms with van der Waals surface area (Å²) in [4.78, 5) is 2.56. The van der Waals surface area contributed by atoms with Crippen molar-refractivity contribution in [1.29, 1.82) is 0 Å². The van der Waals surface area contributed by atoms with E-state index in [2.05, 4.69) is 17.0 Å².